The molecule has 2 aromatic rings. The average molecular weight is 428 g/mol. The third-order valence-corrected chi connectivity index (χ3v) is 4.54. The summed E-state index contributed by atoms with van der Waals surface area (Å²) >= 11 is 3.38. The zero-order chi connectivity index (χ0) is 19.3. The number of nitro benzene ring substituents is 1. The van der Waals surface area contributed by atoms with Crippen LogP contribution in [0.1, 0.15) is 31.9 Å². The molecule has 0 unspecified atom stereocenters. The summed E-state index contributed by atoms with van der Waals surface area (Å²) in [7, 11) is 1.33. The first kappa shape index (κ1) is 19.8. The monoisotopic (exact) mass is 427 g/mol. The van der Waals surface area contributed by atoms with Crippen LogP contribution in [0.15, 0.2) is 16.6 Å². The van der Waals surface area contributed by atoms with E-state index in [0.29, 0.717) is 10.9 Å². The number of hydrogen-bond acceptors (Lipinski definition) is 7. The Morgan fingerprint density at radius 2 is 2.12 bits per heavy atom. The molecule has 8 nitrogen and oxygen atoms in total. The van der Waals surface area contributed by atoms with E-state index in [9.17, 15) is 14.5 Å². The summed E-state index contributed by atoms with van der Waals surface area (Å²) < 4.78 is 19.5. The molecule has 26 heavy (non-hydrogen) atoms. The van der Waals surface area contributed by atoms with Crippen LogP contribution in [0.5, 0.6) is 5.75 Å². The zero-order valence-corrected chi connectivity index (χ0v) is 16.0. The second-order valence-corrected chi connectivity index (χ2v) is 6.33. The molecular formula is C16H19BrFN5O3. The molecule has 0 aliphatic carbocycles. The van der Waals surface area contributed by atoms with Crippen LogP contribution in [-0.4, -0.2) is 22.0 Å². The van der Waals surface area contributed by atoms with Gasteiger partial charge >= 0.3 is 5.69 Å². The fourth-order valence-electron chi connectivity index (χ4n) is 2.35. The Morgan fingerprint density at radius 1 is 1.38 bits per heavy atom. The van der Waals surface area contributed by atoms with Gasteiger partial charge in [-0.3, -0.25) is 10.1 Å². The molecule has 0 fully saturated rings. The van der Waals surface area contributed by atoms with E-state index >= 15 is 0 Å². The number of unbranched alkanes of at least 4 members (excludes halogenated alkanes) is 2. The number of aromatic nitrogens is 2. The number of halogens is 2. The SMILES string of the molecule is CCCCCc1nc(Nc2cc([N+](=O)[O-])c(F)cc2OC)nc(N)c1Br. The van der Waals surface area contributed by atoms with Crippen LogP contribution in [0.2, 0.25) is 0 Å². The Hall–Kier alpha value is -2.49. The predicted octanol–water partition coefficient (Wildman–Crippen LogP) is 4.35. The van der Waals surface area contributed by atoms with Gasteiger partial charge in [-0.25, -0.2) is 4.98 Å². The van der Waals surface area contributed by atoms with Gasteiger partial charge in [-0.05, 0) is 28.8 Å². The number of aryl methyl sites for hydroxylation is 1. The molecule has 2 rings (SSSR count). The number of methoxy groups -OCH3 is 1. The summed E-state index contributed by atoms with van der Waals surface area (Å²) in [6.45, 7) is 2.10. The van der Waals surface area contributed by atoms with Crippen molar-refractivity contribution >= 4 is 39.1 Å². The summed E-state index contributed by atoms with van der Waals surface area (Å²) in [5.74, 6) is -0.513. The molecule has 3 N–H and O–H groups in total. The van der Waals surface area contributed by atoms with Gasteiger partial charge in [0.1, 0.15) is 11.6 Å². The van der Waals surface area contributed by atoms with Crippen molar-refractivity contribution < 1.29 is 14.1 Å². The highest BCUT2D eigenvalue weighted by Gasteiger charge is 2.20. The van der Waals surface area contributed by atoms with Crippen molar-refractivity contribution in [3.63, 3.8) is 0 Å². The van der Waals surface area contributed by atoms with Gasteiger partial charge in [0.05, 0.1) is 27.9 Å². The molecule has 0 bridgehead atoms. The molecular weight excluding hydrogens is 409 g/mol. The highest BCUT2D eigenvalue weighted by atomic mass is 79.9. The van der Waals surface area contributed by atoms with Crippen molar-refractivity contribution in [3.8, 4) is 5.75 Å². The number of ether oxygens (including phenoxy) is 1. The number of nitrogens with one attached hydrogen (secondary N) is 1. The number of rotatable bonds is 8. The highest BCUT2D eigenvalue weighted by molar-refractivity contribution is 9.10. The van der Waals surface area contributed by atoms with E-state index < -0.39 is 16.4 Å². The van der Waals surface area contributed by atoms with Crippen LogP contribution in [-0.2, 0) is 6.42 Å². The van der Waals surface area contributed by atoms with Gasteiger partial charge in [0.15, 0.2) is 0 Å². The third-order valence-electron chi connectivity index (χ3n) is 3.67. The van der Waals surface area contributed by atoms with Crippen molar-refractivity contribution in [3.05, 3.63) is 38.2 Å². The largest absolute Gasteiger partial charge is 0.494 e. The average Bonchev–Trinajstić information content (AvgIpc) is 2.60. The Morgan fingerprint density at radius 3 is 2.73 bits per heavy atom. The molecule has 0 saturated carbocycles. The molecule has 0 spiro atoms. The van der Waals surface area contributed by atoms with E-state index in [1.807, 2.05) is 0 Å². The Bertz CT molecular complexity index is 819. The summed E-state index contributed by atoms with van der Waals surface area (Å²) in [5, 5.41) is 13.8. The number of nitrogen functional groups attached to an aromatic ring is 1. The quantitative estimate of drug-likeness (QED) is 0.365. The van der Waals surface area contributed by atoms with Crippen molar-refractivity contribution in [1.82, 2.24) is 9.97 Å². The fourth-order valence-corrected chi connectivity index (χ4v) is 2.72. The lowest BCUT2D eigenvalue weighted by atomic mass is 10.1. The second-order valence-electron chi connectivity index (χ2n) is 5.54. The number of benzene rings is 1. The standard InChI is InChI=1S/C16H19BrFN5O3/c1-3-4-5-6-10-14(17)15(19)22-16(20-10)21-11-8-12(23(24)25)9(18)7-13(11)26-2/h7-8H,3-6H2,1-2H3,(H3,19,20,21,22). The van der Waals surface area contributed by atoms with Crippen molar-refractivity contribution in [2.45, 2.75) is 32.6 Å². The van der Waals surface area contributed by atoms with Gasteiger partial charge in [-0.15, -0.1) is 0 Å². The van der Waals surface area contributed by atoms with E-state index in [1.54, 1.807) is 0 Å². The number of nitrogens with two attached hydrogens (primary N) is 1. The van der Waals surface area contributed by atoms with Crippen LogP contribution in [0.4, 0.5) is 27.5 Å². The maximum Gasteiger partial charge on any atom is 0.307 e. The van der Waals surface area contributed by atoms with E-state index in [4.69, 9.17) is 10.5 Å². The maximum absolute atomic E-state index is 13.8. The number of anilines is 3. The van der Waals surface area contributed by atoms with Crippen LogP contribution in [0.3, 0.4) is 0 Å². The van der Waals surface area contributed by atoms with Gasteiger partial charge in [-0.1, -0.05) is 19.8 Å². The molecule has 10 heteroatoms. The lowest BCUT2D eigenvalue weighted by Gasteiger charge is -2.13. The van der Waals surface area contributed by atoms with E-state index in [2.05, 4.69) is 38.1 Å². The predicted molar refractivity (Wildman–Crippen MR) is 100 cm³/mol. The van der Waals surface area contributed by atoms with E-state index in [-0.39, 0.29) is 23.2 Å². The van der Waals surface area contributed by atoms with Crippen LogP contribution in [0.25, 0.3) is 0 Å². The van der Waals surface area contributed by atoms with Gasteiger partial charge in [-0.2, -0.15) is 9.37 Å². The lowest BCUT2D eigenvalue weighted by molar-refractivity contribution is -0.387. The Balaban J connectivity index is 2.38. The minimum atomic E-state index is -0.992. The molecule has 1 heterocycles. The number of nitrogens with zero attached hydrogens (tertiary/aromatic N) is 3. The van der Waals surface area contributed by atoms with E-state index in [0.717, 1.165) is 37.1 Å². The second kappa shape index (κ2) is 8.75. The highest BCUT2D eigenvalue weighted by Crippen LogP contribution is 2.34. The molecule has 1 aromatic heterocycles. The smallest absolute Gasteiger partial charge is 0.307 e. The van der Waals surface area contributed by atoms with Crippen LogP contribution in [0, 0.1) is 15.9 Å². The molecule has 0 atom stereocenters. The summed E-state index contributed by atoms with van der Waals surface area (Å²) in [6.07, 6.45) is 3.77. The topological polar surface area (TPSA) is 116 Å². The summed E-state index contributed by atoms with van der Waals surface area (Å²) in [4.78, 5) is 18.7. The van der Waals surface area contributed by atoms with Gasteiger partial charge in [0.2, 0.25) is 11.8 Å². The lowest BCUT2D eigenvalue weighted by Crippen LogP contribution is -2.07. The van der Waals surface area contributed by atoms with Gasteiger partial charge in [0.25, 0.3) is 0 Å². The minimum absolute atomic E-state index is 0.0886. The molecule has 0 radical (unpaired) electrons. The van der Waals surface area contributed by atoms with Crippen molar-refractivity contribution in [1.29, 1.82) is 0 Å². The molecule has 1 aromatic carbocycles. The van der Waals surface area contributed by atoms with Crippen LogP contribution < -0.4 is 15.8 Å². The molecule has 0 amide bonds. The van der Waals surface area contributed by atoms with Crippen molar-refractivity contribution in [2.24, 2.45) is 0 Å². The Labute approximate surface area is 158 Å². The number of hydrogen-bond donors (Lipinski definition) is 2. The fraction of sp³-hybridized carbons (Fsp3) is 0.375. The number of nitro groups is 1. The molecule has 140 valence electrons. The first-order valence-electron chi connectivity index (χ1n) is 7.98. The molecule has 0 aliphatic rings. The first-order chi connectivity index (χ1) is 12.4. The van der Waals surface area contributed by atoms with E-state index in [1.165, 1.54) is 7.11 Å². The first-order valence-corrected chi connectivity index (χ1v) is 8.77. The summed E-state index contributed by atoms with van der Waals surface area (Å²) in [6, 6.07) is 1.97. The minimum Gasteiger partial charge on any atom is -0.494 e. The maximum atomic E-state index is 13.8. The normalized spacial score (nSPS) is 10.6. The summed E-state index contributed by atoms with van der Waals surface area (Å²) in [5.41, 5.74) is 6.13. The Kier molecular flexibility index (Phi) is 6.67. The van der Waals surface area contributed by atoms with Crippen LogP contribution >= 0.6 is 15.9 Å². The third kappa shape index (κ3) is 4.57. The van der Waals surface area contributed by atoms with Crippen molar-refractivity contribution in [2.75, 3.05) is 18.2 Å². The van der Waals surface area contributed by atoms with Gasteiger partial charge < -0.3 is 15.8 Å². The molecule has 0 aliphatic heterocycles. The molecule has 0 saturated heterocycles. The van der Waals surface area contributed by atoms with Gasteiger partial charge in [0, 0.05) is 12.1 Å². The zero-order valence-electron chi connectivity index (χ0n) is 14.4.